The smallest absolute Gasteiger partial charge is 0.408 e. The van der Waals surface area contributed by atoms with Gasteiger partial charge in [0.15, 0.2) is 0 Å². The van der Waals surface area contributed by atoms with Gasteiger partial charge in [0.2, 0.25) is 5.91 Å². The number of nitrogens with one attached hydrogen (secondary N) is 2. The quantitative estimate of drug-likeness (QED) is 0.709. The van der Waals surface area contributed by atoms with E-state index >= 15 is 0 Å². The molecule has 1 saturated heterocycles. The van der Waals surface area contributed by atoms with Gasteiger partial charge in [-0.3, -0.25) is 9.59 Å². The average Bonchev–Trinajstić information content (AvgIpc) is 3.08. The minimum absolute atomic E-state index is 0.132. The topological polar surface area (TPSA) is 114 Å². The number of amides is 3. The largest absolute Gasteiger partial charge is 0.467 e. The van der Waals surface area contributed by atoms with Crippen LogP contribution in [0, 0.1) is 0 Å². The molecular weight excluding hydrogens is 378 g/mol. The van der Waals surface area contributed by atoms with E-state index in [2.05, 4.69) is 10.6 Å². The van der Waals surface area contributed by atoms with Crippen molar-refractivity contribution < 1.29 is 28.7 Å². The lowest BCUT2D eigenvalue weighted by molar-refractivity contribution is -0.150. The number of esters is 1. The summed E-state index contributed by atoms with van der Waals surface area (Å²) < 4.78 is 9.89. The molecule has 2 N–H and O–H groups in total. The Kier molecular flexibility index (Phi) is 7.19. The van der Waals surface area contributed by atoms with Gasteiger partial charge in [0.05, 0.1) is 7.11 Å². The molecule has 1 fully saturated rings. The SMILES string of the molecule is COC(=O)[C@@H]1C[C@H](NC(=O)c2ccccc2)CN1C(=O)CNC(=O)OC(C)(C)C. The first kappa shape index (κ1) is 22.2. The Morgan fingerprint density at radius 1 is 1.14 bits per heavy atom. The fourth-order valence-corrected chi connectivity index (χ4v) is 3.00. The monoisotopic (exact) mass is 405 g/mol. The van der Waals surface area contributed by atoms with Crippen molar-refractivity contribution in [2.24, 2.45) is 0 Å². The van der Waals surface area contributed by atoms with Gasteiger partial charge in [-0.15, -0.1) is 0 Å². The molecule has 0 spiro atoms. The lowest BCUT2D eigenvalue weighted by atomic mass is 10.1. The number of carbonyl (C=O) groups excluding carboxylic acids is 4. The molecular formula is C20H27N3O6. The number of benzene rings is 1. The maximum atomic E-state index is 12.6. The molecule has 0 aliphatic carbocycles. The lowest BCUT2D eigenvalue weighted by Crippen LogP contribution is -2.47. The number of methoxy groups -OCH3 is 1. The highest BCUT2D eigenvalue weighted by molar-refractivity contribution is 5.94. The van der Waals surface area contributed by atoms with Gasteiger partial charge in [-0.2, -0.15) is 0 Å². The summed E-state index contributed by atoms with van der Waals surface area (Å²) in [6.07, 6.45) is -0.503. The molecule has 0 saturated carbocycles. The molecule has 1 aromatic rings. The van der Waals surface area contributed by atoms with E-state index in [9.17, 15) is 19.2 Å². The normalized spacial score (nSPS) is 18.7. The third-order valence-electron chi connectivity index (χ3n) is 4.25. The van der Waals surface area contributed by atoms with Crippen LogP contribution in [-0.4, -0.2) is 66.7 Å². The average molecular weight is 405 g/mol. The number of alkyl carbamates (subject to hydrolysis) is 1. The second-order valence-electron chi connectivity index (χ2n) is 7.71. The van der Waals surface area contributed by atoms with Crippen molar-refractivity contribution in [2.75, 3.05) is 20.2 Å². The summed E-state index contributed by atoms with van der Waals surface area (Å²) in [6.45, 7) is 4.93. The zero-order valence-electron chi connectivity index (χ0n) is 17.1. The molecule has 158 valence electrons. The molecule has 0 radical (unpaired) electrons. The van der Waals surface area contributed by atoms with E-state index in [-0.39, 0.29) is 25.4 Å². The summed E-state index contributed by atoms with van der Waals surface area (Å²) in [5.41, 5.74) is -0.208. The highest BCUT2D eigenvalue weighted by Gasteiger charge is 2.40. The second kappa shape index (κ2) is 9.40. The fraction of sp³-hybridized carbons (Fsp3) is 0.500. The zero-order chi connectivity index (χ0) is 21.6. The third kappa shape index (κ3) is 6.48. The molecule has 0 bridgehead atoms. The van der Waals surface area contributed by atoms with Crippen molar-refractivity contribution in [2.45, 2.75) is 44.9 Å². The molecule has 3 amide bonds. The van der Waals surface area contributed by atoms with Crippen molar-refractivity contribution in [1.29, 1.82) is 0 Å². The van der Waals surface area contributed by atoms with Gasteiger partial charge in [-0.05, 0) is 32.9 Å². The van der Waals surface area contributed by atoms with Crippen molar-refractivity contribution >= 4 is 23.9 Å². The van der Waals surface area contributed by atoms with Gasteiger partial charge >= 0.3 is 12.1 Å². The van der Waals surface area contributed by atoms with Crippen LogP contribution in [0.15, 0.2) is 30.3 Å². The molecule has 0 unspecified atom stereocenters. The predicted octanol–water partition coefficient (Wildman–Crippen LogP) is 1.08. The Morgan fingerprint density at radius 3 is 2.38 bits per heavy atom. The van der Waals surface area contributed by atoms with E-state index in [1.54, 1.807) is 51.1 Å². The van der Waals surface area contributed by atoms with Crippen LogP contribution < -0.4 is 10.6 Å². The molecule has 1 aliphatic rings. The molecule has 1 heterocycles. The molecule has 2 rings (SSSR count). The lowest BCUT2D eigenvalue weighted by Gasteiger charge is -2.23. The number of ether oxygens (including phenoxy) is 2. The molecule has 1 aromatic carbocycles. The molecule has 29 heavy (non-hydrogen) atoms. The summed E-state index contributed by atoms with van der Waals surface area (Å²) in [4.78, 5) is 50.1. The molecule has 1 aliphatic heterocycles. The Hall–Kier alpha value is -3.10. The Morgan fingerprint density at radius 2 is 1.79 bits per heavy atom. The summed E-state index contributed by atoms with van der Waals surface area (Å²) in [6, 6.07) is 7.40. The number of hydrogen-bond acceptors (Lipinski definition) is 6. The van der Waals surface area contributed by atoms with E-state index in [0.29, 0.717) is 5.56 Å². The molecule has 2 atom stereocenters. The summed E-state index contributed by atoms with van der Waals surface area (Å²) in [5, 5.41) is 5.22. The van der Waals surface area contributed by atoms with Gasteiger partial charge in [0.25, 0.3) is 5.91 Å². The first-order valence-electron chi connectivity index (χ1n) is 9.31. The van der Waals surface area contributed by atoms with E-state index in [1.807, 2.05) is 0 Å². The van der Waals surface area contributed by atoms with Crippen LogP contribution >= 0.6 is 0 Å². The van der Waals surface area contributed by atoms with E-state index in [0.717, 1.165) is 0 Å². The summed E-state index contributed by atoms with van der Waals surface area (Å²) in [5.74, 6) is -1.34. The van der Waals surface area contributed by atoms with Crippen LogP contribution in [0.2, 0.25) is 0 Å². The van der Waals surface area contributed by atoms with E-state index < -0.39 is 35.7 Å². The van der Waals surface area contributed by atoms with E-state index in [1.165, 1.54) is 12.0 Å². The first-order valence-corrected chi connectivity index (χ1v) is 9.31. The number of rotatable bonds is 5. The molecule has 0 aromatic heterocycles. The van der Waals surface area contributed by atoms with Gasteiger partial charge in [-0.25, -0.2) is 9.59 Å². The zero-order valence-corrected chi connectivity index (χ0v) is 17.1. The number of likely N-dealkylation sites (tertiary alicyclic amines) is 1. The van der Waals surface area contributed by atoms with Crippen LogP contribution in [-0.2, 0) is 19.1 Å². The van der Waals surface area contributed by atoms with Gasteiger partial charge < -0.3 is 25.0 Å². The van der Waals surface area contributed by atoms with Crippen LogP contribution in [0.25, 0.3) is 0 Å². The third-order valence-corrected chi connectivity index (χ3v) is 4.25. The molecule has 9 heteroatoms. The predicted molar refractivity (Wildman–Crippen MR) is 104 cm³/mol. The number of carbonyl (C=O) groups is 4. The van der Waals surface area contributed by atoms with Crippen LogP contribution in [0.3, 0.4) is 0 Å². The highest BCUT2D eigenvalue weighted by Crippen LogP contribution is 2.20. The first-order chi connectivity index (χ1) is 13.6. The van der Waals surface area contributed by atoms with Crippen LogP contribution in [0.4, 0.5) is 4.79 Å². The molecule has 9 nitrogen and oxygen atoms in total. The minimum Gasteiger partial charge on any atom is -0.467 e. The number of hydrogen-bond donors (Lipinski definition) is 2. The van der Waals surface area contributed by atoms with Crippen molar-refractivity contribution in [3.63, 3.8) is 0 Å². The second-order valence-corrected chi connectivity index (χ2v) is 7.71. The minimum atomic E-state index is -0.839. The highest BCUT2D eigenvalue weighted by atomic mass is 16.6. The van der Waals surface area contributed by atoms with Crippen molar-refractivity contribution in [3.05, 3.63) is 35.9 Å². The van der Waals surface area contributed by atoms with Gasteiger partial charge in [0.1, 0.15) is 18.2 Å². The van der Waals surface area contributed by atoms with Crippen molar-refractivity contribution in [1.82, 2.24) is 15.5 Å². The summed E-state index contributed by atoms with van der Waals surface area (Å²) in [7, 11) is 1.24. The maximum absolute atomic E-state index is 12.6. The maximum Gasteiger partial charge on any atom is 0.408 e. The van der Waals surface area contributed by atoms with Gasteiger partial charge in [-0.1, -0.05) is 18.2 Å². The van der Waals surface area contributed by atoms with Crippen molar-refractivity contribution in [3.8, 4) is 0 Å². The Labute approximate surface area is 169 Å². The van der Waals surface area contributed by atoms with Gasteiger partial charge in [0, 0.05) is 24.6 Å². The van der Waals surface area contributed by atoms with Crippen LogP contribution in [0.1, 0.15) is 37.6 Å². The standard InChI is InChI=1S/C20H27N3O6/c1-20(2,3)29-19(27)21-11-16(24)23-12-14(10-15(23)18(26)28-4)22-17(25)13-8-6-5-7-9-13/h5-9,14-15H,10-12H2,1-4H3,(H,21,27)(H,22,25)/t14-,15-/m0/s1. The fourth-order valence-electron chi connectivity index (χ4n) is 3.00. The van der Waals surface area contributed by atoms with Crippen LogP contribution in [0.5, 0.6) is 0 Å². The number of nitrogens with zero attached hydrogens (tertiary/aromatic N) is 1. The van der Waals surface area contributed by atoms with E-state index in [4.69, 9.17) is 9.47 Å². The summed E-state index contributed by atoms with van der Waals surface area (Å²) >= 11 is 0. The Bertz CT molecular complexity index is 759. The Balaban J connectivity index is 1.99.